The lowest BCUT2D eigenvalue weighted by Gasteiger charge is -2.06. The minimum Gasteiger partial charge on any atom is -0.0763 e. The number of hydrogen-bond donors (Lipinski definition) is 0. The van der Waals surface area contributed by atoms with E-state index in [1.54, 1.807) is 5.57 Å². The molecule has 0 spiro atoms. The van der Waals surface area contributed by atoms with Crippen LogP contribution in [0.25, 0.3) is 5.57 Å². The second kappa shape index (κ2) is 7.13. The minimum atomic E-state index is 1.12. The van der Waals surface area contributed by atoms with Crippen LogP contribution in [-0.4, -0.2) is 0 Å². The summed E-state index contributed by atoms with van der Waals surface area (Å²) in [5, 5.41) is 0. The smallest absolute Gasteiger partial charge is 0.0178 e. The third-order valence-electron chi connectivity index (χ3n) is 3.78. The molecule has 2 rings (SSSR count). The Morgan fingerprint density at radius 2 is 1.83 bits per heavy atom. The zero-order valence-corrected chi connectivity index (χ0v) is 12.9. The fraction of sp³-hybridized carbons (Fsp3) is 0.529. The predicted octanol–water partition coefficient (Wildman–Crippen LogP) is 6.14. The zero-order valence-electron chi connectivity index (χ0n) is 11.3. The van der Waals surface area contributed by atoms with Gasteiger partial charge in [0.15, 0.2) is 0 Å². The maximum Gasteiger partial charge on any atom is 0.0178 e. The number of allylic oxidation sites excluding steroid dienone is 2. The van der Waals surface area contributed by atoms with E-state index in [2.05, 4.69) is 47.1 Å². The standard InChI is InChI=1S/C17H23Br/c1-2-3-4-5-6-7-8-14-9-10-15-13-16(18)11-12-17(14)15/h9,11-13H,2-8,10H2,1H3. The molecule has 0 bridgehead atoms. The first kappa shape index (κ1) is 13.9. The van der Waals surface area contributed by atoms with Crippen molar-refractivity contribution in [1.82, 2.24) is 0 Å². The highest BCUT2D eigenvalue weighted by atomic mass is 79.9. The van der Waals surface area contributed by atoms with Crippen LogP contribution in [0.2, 0.25) is 0 Å². The van der Waals surface area contributed by atoms with Gasteiger partial charge in [-0.1, -0.05) is 67.1 Å². The highest BCUT2D eigenvalue weighted by Gasteiger charge is 2.13. The average Bonchev–Trinajstić information content (AvgIpc) is 2.76. The average molecular weight is 307 g/mol. The van der Waals surface area contributed by atoms with Crippen molar-refractivity contribution in [2.45, 2.75) is 58.3 Å². The van der Waals surface area contributed by atoms with Crippen LogP contribution < -0.4 is 0 Å². The van der Waals surface area contributed by atoms with Crippen LogP contribution >= 0.6 is 15.9 Å². The second-order valence-electron chi connectivity index (χ2n) is 5.25. The molecule has 0 N–H and O–H groups in total. The first-order valence-corrected chi connectivity index (χ1v) is 8.08. The number of unbranched alkanes of at least 4 members (excludes halogenated alkanes) is 5. The van der Waals surface area contributed by atoms with Crippen LogP contribution in [0.1, 0.15) is 63.0 Å². The Kier molecular flexibility index (Phi) is 5.49. The van der Waals surface area contributed by atoms with Crippen LogP contribution in [0, 0.1) is 0 Å². The van der Waals surface area contributed by atoms with Gasteiger partial charge in [-0.3, -0.25) is 0 Å². The summed E-state index contributed by atoms with van der Waals surface area (Å²) in [6.07, 6.45) is 13.1. The van der Waals surface area contributed by atoms with Gasteiger partial charge in [-0.25, -0.2) is 0 Å². The summed E-state index contributed by atoms with van der Waals surface area (Å²) in [4.78, 5) is 0. The molecule has 0 aromatic heterocycles. The van der Waals surface area contributed by atoms with Crippen molar-refractivity contribution in [3.63, 3.8) is 0 Å². The quantitative estimate of drug-likeness (QED) is 0.531. The molecule has 1 heteroatoms. The molecule has 0 radical (unpaired) electrons. The van der Waals surface area contributed by atoms with E-state index in [-0.39, 0.29) is 0 Å². The predicted molar refractivity (Wildman–Crippen MR) is 83.8 cm³/mol. The Balaban J connectivity index is 1.76. The molecule has 1 aromatic rings. The number of fused-ring (bicyclic) bond motifs is 1. The Morgan fingerprint density at radius 1 is 1.06 bits per heavy atom. The lowest BCUT2D eigenvalue weighted by molar-refractivity contribution is 0.613. The first-order valence-electron chi connectivity index (χ1n) is 7.29. The van der Waals surface area contributed by atoms with Crippen molar-refractivity contribution >= 4 is 21.5 Å². The molecule has 1 aliphatic carbocycles. The summed E-state index contributed by atoms with van der Waals surface area (Å²) in [6.45, 7) is 2.28. The van der Waals surface area contributed by atoms with Crippen LogP contribution in [0.4, 0.5) is 0 Å². The summed E-state index contributed by atoms with van der Waals surface area (Å²) >= 11 is 3.55. The highest BCUT2D eigenvalue weighted by molar-refractivity contribution is 9.10. The van der Waals surface area contributed by atoms with Crippen LogP contribution in [-0.2, 0) is 6.42 Å². The van der Waals surface area contributed by atoms with Crippen molar-refractivity contribution in [2.24, 2.45) is 0 Å². The molecule has 98 valence electrons. The van der Waals surface area contributed by atoms with E-state index in [4.69, 9.17) is 0 Å². The molecule has 0 nitrogen and oxygen atoms in total. The maximum absolute atomic E-state index is 3.55. The van der Waals surface area contributed by atoms with Crippen molar-refractivity contribution in [3.8, 4) is 0 Å². The first-order chi connectivity index (χ1) is 8.81. The molecule has 18 heavy (non-hydrogen) atoms. The van der Waals surface area contributed by atoms with E-state index in [0.717, 1.165) is 6.42 Å². The molecule has 0 saturated carbocycles. The Morgan fingerprint density at radius 3 is 2.67 bits per heavy atom. The summed E-state index contributed by atoms with van der Waals surface area (Å²) < 4.78 is 1.20. The van der Waals surface area contributed by atoms with E-state index >= 15 is 0 Å². The van der Waals surface area contributed by atoms with Gasteiger partial charge in [0.2, 0.25) is 0 Å². The molecule has 0 aliphatic heterocycles. The molecule has 0 amide bonds. The monoisotopic (exact) mass is 306 g/mol. The molecular weight excluding hydrogens is 284 g/mol. The summed E-state index contributed by atoms with van der Waals surface area (Å²) in [5.74, 6) is 0. The van der Waals surface area contributed by atoms with Gasteiger partial charge in [0.05, 0.1) is 0 Å². The van der Waals surface area contributed by atoms with Gasteiger partial charge < -0.3 is 0 Å². The van der Waals surface area contributed by atoms with Gasteiger partial charge in [0.25, 0.3) is 0 Å². The zero-order chi connectivity index (χ0) is 12.8. The molecule has 0 unspecified atom stereocenters. The molecular formula is C17H23Br. The van der Waals surface area contributed by atoms with E-state index in [1.165, 1.54) is 60.5 Å². The van der Waals surface area contributed by atoms with Crippen molar-refractivity contribution in [2.75, 3.05) is 0 Å². The molecule has 0 atom stereocenters. The van der Waals surface area contributed by atoms with Gasteiger partial charge in [0.1, 0.15) is 0 Å². The Labute approximate surface area is 120 Å². The largest absolute Gasteiger partial charge is 0.0763 e. The Bertz CT molecular complexity index is 418. The van der Waals surface area contributed by atoms with Gasteiger partial charge in [-0.2, -0.15) is 0 Å². The highest BCUT2D eigenvalue weighted by Crippen LogP contribution is 2.32. The normalized spacial score (nSPS) is 13.6. The SMILES string of the molecule is CCCCCCCCC1=CCc2cc(Br)ccc21. The van der Waals surface area contributed by atoms with E-state index < -0.39 is 0 Å². The van der Waals surface area contributed by atoms with E-state index in [1.807, 2.05) is 0 Å². The topological polar surface area (TPSA) is 0 Å². The third-order valence-corrected chi connectivity index (χ3v) is 4.27. The third kappa shape index (κ3) is 3.71. The lowest BCUT2D eigenvalue weighted by Crippen LogP contribution is -1.86. The van der Waals surface area contributed by atoms with Gasteiger partial charge >= 0.3 is 0 Å². The van der Waals surface area contributed by atoms with Crippen LogP contribution in [0.3, 0.4) is 0 Å². The molecule has 0 heterocycles. The maximum atomic E-state index is 3.55. The number of hydrogen-bond acceptors (Lipinski definition) is 0. The van der Waals surface area contributed by atoms with Gasteiger partial charge in [-0.05, 0) is 48.1 Å². The molecule has 1 aliphatic rings. The van der Waals surface area contributed by atoms with Crippen molar-refractivity contribution < 1.29 is 0 Å². The summed E-state index contributed by atoms with van der Waals surface area (Å²) in [6, 6.07) is 6.70. The van der Waals surface area contributed by atoms with Crippen LogP contribution in [0.5, 0.6) is 0 Å². The summed E-state index contributed by atoms with van der Waals surface area (Å²) in [5.41, 5.74) is 4.56. The van der Waals surface area contributed by atoms with Crippen LogP contribution in [0.15, 0.2) is 28.7 Å². The second-order valence-corrected chi connectivity index (χ2v) is 6.17. The van der Waals surface area contributed by atoms with Crippen molar-refractivity contribution in [1.29, 1.82) is 0 Å². The summed E-state index contributed by atoms with van der Waals surface area (Å²) in [7, 11) is 0. The number of rotatable bonds is 7. The van der Waals surface area contributed by atoms with E-state index in [9.17, 15) is 0 Å². The Hall–Kier alpha value is -0.560. The number of benzene rings is 1. The molecule has 0 saturated heterocycles. The molecule has 1 aromatic carbocycles. The fourth-order valence-electron chi connectivity index (χ4n) is 2.72. The lowest BCUT2D eigenvalue weighted by atomic mass is 10.00. The van der Waals surface area contributed by atoms with E-state index in [0.29, 0.717) is 0 Å². The van der Waals surface area contributed by atoms with Gasteiger partial charge in [0, 0.05) is 4.47 Å². The van der Waals surface area contributed by atoms with Crippen molar-refractivity contribution in [3.05, 3.63) is 39.9 Å². The molecule has 0 fully saturated rings. The minimum absolute atomic E-state index is 1.12. The fourth-order valence-corrected chi connectivity index (χ4v) is 3.13. The number of halogens is 1. The van der Waals surface area contributed by atoms with Gasteiger partial charge in [-0.15, -0.1) is 0 Å².